The summed E-state index contributed by atoms with van der Waals surface area (Å²) in [6, 6.07) is 0. The molecule has 0 spiro atoms. The second-order valence-corrected chi connectivity index (χ2v) is 5.00. The standard InChI is InChI=1S/C7H16O2SSi/c1-4-8-11(9-5-2)7(3)6-10/h6-7,11H,4-5H2,1-3H3. The Bertz CT molecular complexity index is 105. The van der Waals surface area contributed by atoms with E-state index in [1.54, 1.807) is 5.37 Å². The summed E-state index contributed by atoms with van der Waals surface area (Å²) in [6.45, 7) is 7.47. The molecule has 0 aromatic carbocycles. The Balaban J connectivity index is 3.75. The van der Waals surface area contributed by atoms with Crippen LogP contribution in [-0.2, 0) is 8.85 Å². The molecule has 4 heteroatoms. The molecule has 0 saturated carbocycles. The van der Waals surface area contributed by atoms with Crippen molar-refractivity contribution in [2.24, 2.45) is 0 Å². The number of thiocarbonyl (C=S) groups is 1. The minimum atomic E-state index is -1.49. The predicted molar refractivity (Wildman–Crippen MR) is 53.5 cm³/mol. The van der Waals surface area contributed by atoms with Crippen LogP contribution >= 0.6 is 12.2 Å². The molecule has 0 aliphatic heterocycles. The highest BCUT2D eigenvalue weighted by Crippen LogP contribution is 2.08. The first-order valence-electron chi connectivity index (χ1n) is 3.94. The van der Waals surface area contributed by atoms with E-state index in [9.17, 15) is 0 Å². The van der Waals surface area contributed by atoms with Crippen LogP contribution in [0.25, 0.3) is 0 Å². The fourth-order valence-corrected chi connectivity index (χ4v) is 2.62. The fourth-order valence-electron chi connectivity index (χ4n) is 0.744. The summed E-state index contributed by atoms with van der Waals surface area (Å²) in [5.41, 5.74) is 0.324. The molecule has 0 aliphatic carbocycles. The topological polar surface area (TPSA) is 18.5 Å². The Morgan fingerprint density at radius 1 is 1.36 bits per heavy atom. The van der Waals surface area contributed by atoms with E-state index in [0.29, 0.717) is 5.54 Å². The van der Waals surface area contributed by atoms with Gasteiger partial charge >= 0.3 is 9.28 Å². The highest BCUT2D eigenvalue weighted by molar-refractivity contribution is 7.79. The van der Waals surface area contributed by atoms with Crippen molar-refractivity contribution in [1.82, 2.24) is 0 Å². The highest BCUT2D eigenvalue weighted by atomic mass is 32.1. The largest absolute Gasteiger partial charge is 0.396 e. The van der Waals surface area contributed by atoms with Gasteiger partial charge in [0.15, 0.2) is 0 Å². The molecule has 0 aromatic heterocycles. The lowest BCUT2D eigenvalue weighted by Crippen LogP contribution is -2.28. The Morgan fingerprint density at radius 2 is 1.82 bits per heavy atom. The third kappa shape index (κ3) is 4.63. The van der Waals surface area contributed by atoms with Gasteiger partial charge in [-0.15, -0.1) is 0 Å². The van der Waals surface area contributed by atoms with E-state index in [-0.39, 0.29) is 0 Å². The van der Waals surface area contributed by atoms with Crippen LogP contribution in [0.1, 0.15) is 20.8 Å². The summed E-state index contributed by atoms with van der Waals surface area (Å²) in [5.74, 6) is 0. The van der Waals surface area contributed by atoms with Crippen LogP contribution < -0.4 is 0 Å². The van der Waals surface area contributed by atoms with Gasteiger partial charge in [0.05, 0.1) is 0 Å². The van der Waals surface area contributed by atoms with Gasteiger partial charge in [0.2, 0.25) is 0 Å². The van der Waals surface area contributed by atoms with E-state index in [4.69, 9.17) is 21.1 Å². The average Bonchev–Trinajstić information content (AvgIpc) is 2.03. The molecule has 0 N–H and O–H groups in total. The zero-order valence-electron chi connectivity index (χ0n) is 7.37. The molecule has 0 radical (unpaired) electrons. The first-order valence-corrected chi connectivity index (χ1v) is 6.02. The molecule has 0 bridgehead atoms. The second-order valence-electron chi connectivity index (χ2n) is 2.27. The van der Waals surface area contributed by atoms with Crippen LogP contribution in [0, 0.1) is 0 Å². The normalized spacial score (nSPS) is 13.5. The van der Waals surface area contributed by atoms with Gasteiger partial charge < -0.3 is 8.85 Å². The Labute approximate surface area is 75.7 Å². The lowest BCUT2D eigenvalue weighted by atomic mass is 10.6. The van der Waals surface area contributed by atoms with E-state index in [1.165, 1.54) is 0 Å². The van der Waals surface area contributed by atoms with Gasteiger partial charge in [0.25, 0.3) is 0 Å². The maximum absolute atomic E-state index is 5.45. The Morgan fingerprint density at radius 3 is 2.09 bits per heavy atom. The van der Waals surface area contributed by atoms with Crippen molar-refractivity contribution in [2.45, 2.75) is 26.3 Å². The van der Waals surface area contributed by atoms with Crippen molar-refractivity contribution in [3.8, 4) is 0 Å². The summed E-state index contributed by atoms with van der Waals surface area (Å²) >= 11 is 4.83. The summed E-state index contributed by atoms with van der Waals surface area (Å²) in [4.78, 5) is 0. The van der Waals surface area contributed by atoms with E-state index in [2.05, 4.69) is 6.92 Å². The van der Waals surface area contributed by atoms with Crippen LogP contribution in [0.4, 0.5) is 0 Å². The number of hydrogen-bond donors (Lipinski definition) is 0. The zero-order chi connectivity index (χ0) is 8.69. The first-order chi connectivity index (χ1) is 5.26. The monoisotopic (exact) mass is 192 g/mol. The van der Waals surface area contributed by atoms with Crippen LogP contribution in [0.15, 0.2) is 0 Å². The Hall–Kier alpha value is 0.227. The summed E-state index contributed by atoms with van der Waals surface area (Å²) in [7, 11) is -1.49. The van der Waals surface area contributed by atoms with Crippen LogP contribution in [0.5, 0.6) is 0 Å². The quantitative estimate of drug-likeness (QED) is 0.471. The third-order valence-electron chi connectivity index (χ3n) is 1.31. The molecule has 66 valence electrons. The van der Waals surface area contributed by atoms with Gasteiger partial charge in [0.1, 0.15) is 0 Å². The van der Waals surface area contributed by atoms with Gasteiger partial charge in [-0.2, -0.15) is 0 Å². The van der Waals surface area contributed by atoms with E-state index < -0.39 is 9.28 Å². The smallest absolute Gasteiger partial charge is 0.329 e. The molecule has 1 atom stereocenters. The van der Waals surface area contributed by atoms with Crippen molar-refractivity contribution in [3.05, 3.63) is 0 Å². The van der Waals surface area contributed by atoms with E-state index in [1.807, 2.05) is 13.8 Å². The van der Waals surface area contributed by atoms with Crippen molar-refractivity contribution in [1.29, 1.82) is 0 Å². The molecule has 1 unspecified atom stereocenters. The lowest BCUT2D eigenvalue weighted by Gasteiger charge is -2.17. The maximum atomic E-state index is 5.45. The van der Waals surface area contributed by atoms with Crippen LogP contribution in [-0.4, -0.2) is 27.9 Å². The fraction of sp³-hybridized carbons (Fsp3) is 0.857. The van der Waals surface area contributed by atoms with Gasteiger partial charge in [0, 0.05) is 18.8 Å². The van der Waals surface area contributed by atoms with Crippen molar-refractivity contribution in [2.75, 3.05) is 13.2 Å². The first kappa shape index (κ1) is 11.2. The molecular formula is C7H16O2SSi. The van der Waals surface area contributed by atoms with Crippen molar-refractivity contribution < 1.29 is 8.85 Å². The van der Waals surface area contributed by atoms with Crippen molar-refractivity contribution in [3.63, 3.8) is 0 Å². The summed E-state index contributed by atoms with van der Waals surface area (Å²) in [5, 5.41) is 1.74. The highest BCUT2D eigenvalue weighted by Gasteiger charge is 2.18. The van der Waals surface area contributed by atoms with Gasteiger partial charge in [-0.3, -0.25) is 0 Å². The molecule has 0 aliphatic rings. The minimum absolute atomic E-state index is 0.324. The molecule has 0 aromatic rings. The van der Waals surface area contributed by atoms with Gasteiger partial charge in [-0.1, -0.05) is 19.1 Å². The Kier molecular flexibility index (Phi) is 7.05. The molecule has 0 amide bonds. The third-order valence-corrected chi connectivity index (χ3v) is 4.39. The van der Waals surface area contributed by atoms with Gasteiger partial charge in [-0.25, -0.2) is 0 Å². The predicted octanol–water partition coefficient (Wildman–Crippen LogP) is 1.67. The molecule has 0 fully saturated rings. The number of hydrogen-bond acceptors (Lipinski definition) is 3. The summed E-state index contributed by atoms with van der Waals surface area (Å²) < 4.78 is 10.9. The van der Waals surface area contributed by atoms with Gasteiger partial charge in [-0.05, 0) is 19.2 Å². The average molecular weight is 192 g/mol. The summed E-state index contributed by atoms with van der Waals surface area (Å²) in [6.07, 6.45) is 0. The molecule has 11 heavy (non-hydrogen) atoms. The lowest BCUT2D eigenvalue weighted by molar-refractivity contribution is 0.211. The molecule has 0 rings (SSSR count). The number of rotatable bonds is 6. The molecule has 0 heterocycles. The van der Waals surface area contributed by atoms with E-state index >= 15 is 0 Å². The van der Waals surface area contributed by atoms with Crippen LogP contribution in [0.2, 0.25) is 5.54 Å². The molecule has 0 saturated heterocycles. The SMILES string of the molecule is CCO[SiH](OCC)C(C)C=S. The second kappa shape index (κ2) is 6.91. The van der Waals surface area contributed by atoms with E-state index in [0.717, 1.165) is 13.2 Å². The zero-order valence-corrected chi connectivity index (χ0v) is 9.34. The minimum Gasteiger partial charge on any atom is -0.396 e. The molecular weight excluding hydrogens is 176 g/mol. The van der Waals surface area contributed by atoms with Crippen LogP contribution in [0.3, 0.4) is 0 Å². The molecule has 2 nitrogen and oxygen atoms in total. The van der Waals surface area contributed by atoms with Crippen molar-refractivity contribution >= 4 is 26.9 Å². The maximum Gasteiger partial charge on any atom is 0.329 e.